The first-order chi connectivity index (χ1) is 14.0. The van der Waals surface area contributed by atoms with E-state index in [0.717, 1.165) is 10.6 Å². The topological polar surface area (TPSA) is 106 Å². The first kappa shape index (κ1) is 20.9. The van der Waals surface area contributed by atoms with Crippen LogP contribution in [-0.4, -0.2) is 32.9 Å². The van der Waals surface area contributed by atoms with E-state index in [-0.39, 0.29) is 29.4 Å². The lowest BCUT2D eigenvalue weighted by Gasteiger charge is -2.08. The van der Waals surface area contributed by atoms with E-state index in [1.807, 2.05) is 30.5 Å². The van der Waals surface area contributed by atoms with Crippen LogP contribution in [0.2, 0.25) is 0 Å². The SMILES string of the molecule is CSc1cccc(NC(=O)CSCc2nc(N)nc(Nc3ccc(F)cc3)n2)c1. The van der Waals surface area contributed by atoms with Gasteiger partial charge in [0.1, 0.15) is 11.6 Å². The van der Waals surface area contributed by atoms with E-state index >= 15 is 0 Å². The summed E-state index contributed by atoms with van der Waals surface area (Å²) < 4.78 is 13.0. The number of amides is 1. The van der Waals surface area contributed by atoms with Crippen molar-refractivity contribution in [3.05, 3.63) is 60.2 Å². The molecule has 0 atom stereocenters. The molecule has 0 saturated carbocycles. The molecule has 0 radical (unpaired) electrons. The number of thioether (sulfide) groups is 2. The molecule has 1 aromatic heterocycles. The van der Waals surface area contributed by atoms with Crippen molar-refractivity contribution >= 4 is 52.7 Å². The number of benzene rings is 2. The van der Waals surface area contributed by atoms with Gasteiger partial charge >= 0.3 is 0 Å². The predicted octanol–water partition coefficient (Wildman–Crippen LogP) is 3.93. The summed E-state index contributed by atoms with van der Waals surface area (Å²) in [6.07, 6.45) is 1.98. The quantitative estimate of drug-likeness (QED) is 0.462. The van der Waals surface area contributed by atoms with Crippen LogP contribution in [-0.2, 0) is 10.5 Å². The Balaban J connectivity index is 1.54. The molecule has 0 aliphatic heterocycles. The zero-order valence-corrected chi connectivity index (χ0v) is 17.2. The average molecular weight is 431 g/mol. The van der Waals surface area contributed by atoms with Gasteiger partial charge in [-0.3, -0.25) is 4.79 Å². The van der Waals surface area contributed by atoms with Gasteiger partial charge < -0.3 is 16.4 Å². The molecule has 1 heterocycles. The van der Waals surface area contributed by atoms with E-state index in [0.29, 0.717) is 17.3 Å². The Labute approximate surface area is 176 Å². The number of aromatic nitrogens is 3. The number of halogens is 1. The van der Waals surface area contributed by atoms with Gasteiger partial charge in [-0.1, -0.05) is 6.07 Å². The monoisotopic (exact) mass is 430 g/mol. The maximum absolute atomic E-state index is 13.0. The Morgan fingerprint density at radius 1 is 1.10 bits per heavy atom. The summed E-state index contributed by atoms with van der Waals surface area (Å²) in [5.41, 5.74) is 7.13. The molecular weight excluding hydrogens is 411 g/mol. The summed E-state index contributed by atoms with van der Waals surface area (Å²) in [5, 5.41) is 5.82. The van der Waals surface area contributed by atoms with Crippen molar-refractivity contribution in [2.45, 2.75) is 10.6 Å². The summed E-state index contributed by atoms with van der Waals surface area (Å²) in [7, 11) is 0. The number of nitrogen functional groups attached to an aromatic ring is 1. The molecule has 0 saturated heterocycles. The molecule has 1 amide bonds. The van der Waals surface area contributed by atoms with Gasteiger partial charge in [0.15, 0.2) is 0 Å². The van der Waals surface area contributed by atoms with Crippen LogP contribution in [0.15, 0.2) is 53.4 Å². The summed E-state index contributed by atoms with van der Waals surface area (Å²) in [4.78, 5) is 25.6. The zero-order chi connectivity index (χ0) is 20.6. The highest BCUT2D eigenvalue weighted by atomic mass is 32.2. The molecule has 3 rings (SSSR count). The van der Waals surface area contributed by atoms with Gasteiger partial charge in [-0.15, -0.1) is 23.5 Å². The highest BCUT2D eigenvalue weighted by Crippen LogP contribution is 2.20. The Kier molecular flexibility index (Phi) is 7.25. The summed E-state index contributed by atoms with van der Waals surface area (Å²) in [6, 6.07) is 13.5. The molecule has 150 valence electrons. The molecule has 4 N–H and O–H groups in total. The molecule has 0 bridgehead atoms. The van der Waals surface area contributed by atoms with Crippen molar-refractivity contribution in [3.8, 4) is 0 Å². The molecule has 10 heteroatoms. The van der Waals surface area contributed by atoms with E-state index in [1.165, 1.54) is 23.9 Å². The van der Waals surface area contributed by atoms with Crippen molar-refractivity contribution in [1.29, 1.82) is 0 Å². The lowest BCUT2D eigenvalue weighted by molar-refractivity contribution is -0.113. The van der Waals surface area contributed by atoms with Gasteiger partial charge in [0.05, 0.1) is 11.5 Å². The van der Waals surface area contributed by atoms with E-state index in [9.17, 15) is 9.18 Å². The fourth-order valence-electron chi connectivity index (χ4n) is 2.35. The molecule has 0 aliphatic rings. The average Bonchev–Trinajstić information content (AvgIpc) is 2.69. The van der Waals surface area contributed by atoms with Crippen LogP contribution in [0.25, 0.3) is 0 Å². The van der Waals surface area contributed by atoms with Crippen LogP contribution in [0, 0.1) is 5.82 Å². The largest absolute Gasteiger partial charge is 0.368 e. The molecule has 0 spiro atoms. The van der Waals surface area contributed by atoms with Crippen LogP contribution in [0.3, 0.4) is 0 Å². The van der Waals surface area contributed by atoms with Crippen LogP contribution in [0.4, 0.5) is 27.7 Å². The highest BCUT2D eigenvalue weighted by molar-refractivity contribution is 7.99. The van der Waals surface area contributed by atoms with Gasteiger partial charge in [-0.2, -0.15) is 15.0 Å². The molecule has 0 unspecified atom stereocenters. The maximum Gasteiger partial charge on any atom is 0.234 e. The van der Waals surface area contributed by atoms with Gasteiger partial charge in [0, 0.05) is 16.3 Å². The standard InChI is InChI=1S/C19H19FN6OS2/c1-28-15-4-2-3-14(9-15)22-17(27)11-29-10-16-24-18(21)26-19(25-16)23-13-7-5-12(20)6-8-13/h2-9H,10-11H2,1H3,(H,22,27)(H3,21,23,24,25,26). The van der Waals surface area contributed by atoms with Crippen molar-refractivity contribution in [3.63, 3.8) is 0 Å². The Bertz CT molecular complexity index is 987. The predicted molar refractivity (Wildman–Crippen MR) is 117 cm³/mol. The number of anilines is 4. The number of hydrogen-bond acceptors (Lipinski definition) is 8. The van der Waals surface area contributed by atoms with E-state index in [2.05, 4.69) is 25.6 Å². The van der Waals surface area contributed by atoms with Crippen molar-refractivity contribution in [2.75, 3.05) is 28.4 Å². The van der Waals surface area contributed by atoms with Crippen molar-refractivity contribution in [1.82, 2.24) is 15.0 Å². The van der Waals surface area contributed by atoms with Crippen LogP contribution >= 0.6 is 23.5 Å². The van der Waals surface area contributed by atoms with Gasteiger partial charge in [-0.25, -0.2) is 4.39 Å². The second-order valence-electron chi connectivity index (χ2n) is 5.84. The molecule has 29 heavy (non-hydrogen) atoms. The maximum atomic E-state index is 13.0. The van der Waals surface area contributed by atoms with E-state index < -0.39 is 0 Å². The first-order valence-electron chi connectivity index (χ1n) is 8.56. The third-order valence-electron chi connectivity index (χ3n) is 3.62. The number of nitrogens with two attached hydrogens (primary N) is 1. The number of carbonyl (C=O) groups is 1. The normalized spacial score (nSPS) is 10.6. The number of nitrogens with zero attached hydrogens (tertiary/aromatic N) is 3. The molecule has 2 aromatic carbocycles. The van der Waals surface area contributed by atoms with Crippen LogP contribution in [0.1, 0.15) is 5.82 Å². The smallest absolute Gasteiger partial charge is 0.234 e. The minimum Gasteiger partial charge on any atom is -0.368 e. The van der Waals surface area contributed by atoms with Gasteiger partial charge in [-0.05, 0) is 48.7 Å². The Morgan fingerprint density at radius 2 is 1.90 bits per heavy atom. The third kappa shape index (κ3) is 6.61. The highest BCUT2D eigenvalue weighted by Gasteiger charge is 2.08. The minimum absolute atomic E-state index is 0.0681. The number of rotatable bonds is 8. The van der Waals surface area contributed by atoms with Crippen molar-refractivity contribution < 1.29 is 9.18 Å². The molecule has 0 fully saturated rings. The van der Waals surface area contributed by atoms with E-state index in [4.69, 9.17) is 5.73 Å². The number of hydrogen-bond donors (Lipinski definition) is 3. The second-order valence-corrected chi connectivity index (χ2v) is 7.70. The summed E-state index contributed by atoms with van der Waals surface area (Å²) in [6.45, 7) is 0. The van der Waals surface area contributed by atoms with E-state index in [1.54, 1.807) is 23.9 Å². The summed E-state index contributed by atoms with van der Waals surface area (Å²) >= 11 is 2.98. The zero-order valence-electron chi connectivity index (χ0n) is 15.6. The van der Waals surface area contributed by atoms with Gasteiger partial charge in [0.25, 0.3) is 0 Å². The van der Waals surface area contributed by atoms with Crippen molar-refractivity contribution in [2.24, 2.45) is 0 Å². The Hall–Kier alpha value is -2.85. The first-order valence-corrected chi connectivity index (χ1v) is 10.9. The van der Waals surface area contributed by atoms with Gasteiger partial charge in [0.2, 0.25) is 17.8 Å². The lowest BCUT2D eigenvalue weighted by Crippen LogP contribution is -2.14. The number of nitrogens with one attached hydrogen (secondary N) is 2. The molecule has 7 nitrogen and oxygen atoms in total. The Morgan fingerprint density at radius 3 is 2.66 bits per heavy atom. The third-order valence-corrected chi connectivity index (χ3v) is 5.27. The fourth-order valence-corrected chi connectivity index (χ4v) is 3.48. The minimum atomic E-state index is -0.332. The van der Waals surface area contributed by atoms with Crippen LogP contribution in [0.5, 0.6) is 0 Å². The number of carbonyl (C=O) groups excluding carboxylic acids is 1. The lowest BCUT2D eigenvalue weighted by atomic mass is 10.3. The molecule has 0 aliphatic carbocycles. The molecular formula is C19H19FN6OS2. The summed E-state index contributed by atoms with van der Waals surface area (Å²) in [5.74, 6) is 0.973. The van der Waals surface area contributed by atoms with Crippen LogP contribution < -0.4 is 16.4 Å². The molecule has 3 aromatic rings. The second kappa shape index (κ2) is 10.1. The fraction of sp³-hybridized carbons (Fsp3) is 0.158.